The van der Waals surface area contributed by atoms with Crippen LogP contribution < -0.4 is 11.5 Å². The van der Waals surface area contributed by atoms with E-state index in [1.807, 2.05) is 19.9 Å². The molecule has 2 aromatic carbocycles. The highest BCUT2D eigenvalue weighted by molar-refractivity contribution is 9.10. The first-order valence-corrected chi connectivity index (χ1v) is 10.8. The molecule has 0 bridgehead atoms. The van der Waals surface area contributed by atoms with Gasteiger partial charge in [-0.2, -0.15) is 5.10 Å². The number of nitrogens with zero attached hydrogens (tertiary/aromatic N) is 3. The van der Waals surface area contributed by atoms with Crippen LogP contribution in [0, 0.1) is 6.92 Å². The van der Waals surface area contributed by atoms with Crippen molar-refractivity contribution < 1.29 is 8.42 Å². The van der Waals surface area contributed by atoms with Crippen LogP contribution in [0.15, 0.2) is 68.2 Å². The van der Waals surface area contributed by atoms with Crippen molar-refractivity contribution in [1.29, 1.82) is 0 Å². The number of halogens is 1. The molecule has 0 amide bonds. The summed E-state index contributed by atoms with van der Waals surface area (Å²) in [5.74, 6) is -0.164. The van der Waals surface area contributed by atoms with Crippen molar-refractivity contribution in [1.82, 2.24) is 3.97 Å². The summed E-state index contributed by atoms with van der Waals surface area (Å²) in [6.07, 6.45) is 2.09. The zero-order chi connectivity index (χ0) is 20.5. The Bertz CT molecular complexity index is 1190. The van der Waals surface area contributed by atoms with Gasteiger partial charge in [0.1, 0.15) is 0 Å². The van der Waals surface area contributed by atoms with Gasteiger partial charge in [-0.05, 0) is 43.7 Å². The molecule has 0 spiro atoms. The van der Waals surface area contributed by atoms with Crippen LogP contribution in [0.4, 0.5) is 0 Å². The molecule has 9 heteroatoms. The third kappa shape index (κ3) is 3.81. The number of nitrogens with two attached hydrogens (primary N) is 2. The summed E-state index contributed by atoms with van der Waals surface area (Å²) < 4.78 is 28.7. The molecule has 0 saturated heterocycles. The Morgan fingerprint density at radius 1 is 1.11 bits per heavy atom. The Morgan fingerprint density at radius 3 is 2.39 bits per heavy atom. The van der Waals surface area contributed by atoms with Crippen LogP contribution in [0.25, 0.3) is 10.9 Å². The molecule has 4 N–H and O–H groups in total. The largest absolute Gasteiger partial charge is 0.369 e. The van der Waals surface area contributed by atoms with Crippen LogP contribution in [0.1, 0.15) is 24.5 Å². The lowest BCUT2D eigenvalue weighted by Gasteiger charge is -2.08. The summed E-state index contributed by atoms with van der Waals surface area (Å²) in [7, 11) is -3.79. The fraction of sp³-hybridized carbons (Fsp3) is 0.158. The molecule has 3 aromatic rings. The SMILES string of the molecule is CC/C(=N/N=C(N)N)c1cn(S(=O)(=O)c2ccc(C)cc2)c2ccc(Br)cc12. The third-order valence-corrected chi connectivity index (χ3v) is 6.42. The second-order valence-corrected chi connectivity index (χ2v) is 8.97. The summed E-state index contributed by atoms with van der Waals surface area (Å²) in [5, 5.41) is 8.57. The zero-order valence-corrected chi connectivity index (χ0v) is 17.8. The summed E-state index contributed by atoms with van der Waals surface area (Å²) in [5.41, 5.74) is 13.5. The fourth-order valence-corrected chi connectivity index (χ4v) is 4.59. The molecule has 1 heterocycles. The van der Waals surface area contributed by atoms with Crippen LogP contribution in [0.2, 0.25) is 0 Å². The van der Waals surface area contributed by atoms with Gasteiger partial charge in [-0.1, -0.05) is 40.5 Å². The smallest absolute Gasteiger partial charge is 0.268 e. The van der Waals surface area contributed by atoms with E-state index in [1.54, 1.807) is 42.6 Å². The zero-order valence-electron chi connectivity index (χ0n) is 15.4. The number of fused-ring (bicyclic) bond motifs is 1. The molecule has 0 aliphatic heterocycles. The molecule has 0 radical (unpaired) electrons. The van der Waals surface area contributed by atoms with Gasteiger partial charge in [0.25, 0.3) is 10.0 Å². The van der Waals surface area contributed by atoms with Gasteiger partial charge in [0, 0.05) is 21.6 Å². The Morgan fingerprint density at radius 2 is 1.79 bits per heavy atom. The molecule has 146 valence electrons. The molecule has 28 heavy (non-hydrogen) atoms. The quantitative estimate of drug-likeness (QED) is 0.344. The Labute approximate surface area is 171 Å². The van der Waals surface area contributed by atoms with Crippen molar-refractivity contribution in [2.24, 2.45) is 21.7 Å². The van der Waals surface area contributed by atoms with E-state index >= 15 is 0 Å². The molecule has 0 aliphatic rings. The van der Waals surface area contributed by atoms with Crippen molar-refractivity contribution in [3.63, 3.8) is 0 Å². The van der Waals surface area contributed by atoms with E-state index in [-0.39, 0.29) is 10.9 Å². The predicted octanol–water partition coefficient (Wildman–Crippen LogP) is 3.34. The van der Waals surface area contributed by atoms with Crippen LogP contribution >= 0.6 is 15.9 Å². The monoisotopic (exact) mass is 461 g/mol. The molecule has 0 unspecified atom stereocenters. The van der Waals surface area contributed by atoms with E-state index < -0.39 is 10.0 Å². The van der Waals surface area contributed by atoms with E-state index in [9.17, 15) is 8.42 Å². The van der Waals surface area contributed by atoms with Crippen LogP contribution in [-0.2, 0) is 10.0 Å². The minimum atomic E-state index is -3.79. The van der Waals surface area contributed by atoms with Gasteiger partial charge in [0.05, 0.1) is 16.1 Å². The minimum absolute atomic E-state index is 0.164. The highest BCUT2D eigenvalue weighted by Gasteiger charge is 2.23. The van der Waals surface area contributed by atoms with Gasteiger partial charge >= 0.3 is 0 Å². The van der Waals surface area contributed by atoms with Crippen molar-refractivity contribution >= 4 is 48.5 Å². The average molecular weight is 462 g/mol. The standard InChI is InChI=1S/C19H20BrN5O2S/c1-3-17(23-24-19(21)22)16-11-25(18-9-6-13(20)10-15(16)18)28(26,27)14-7-4-12(2)5-8-14/h4-11H,3H2,1-2H3,(H4,21,22,24)/b23-17-. The maximum Gasteiger partial charge on any atom is 0.268 e. The molecule has 3 rings (SSSR count). The Hall–Kier alpha value is -2.65. The number of rotatable bonds is 5. The highest BCUT2D eigenvalue weighted by atomic mass is 79.9. The maximum atomic E-state index is 13.3. The summed E-state index contributed by atoms with van der Waals surface area (Å²) in [4.78, 5) is 0.212. The number of aryl methyl sites for hydroxylation is 1. The summed E-state index contributed by atoms with van der Waals surface area (Å²) in [6, 6.07) is 12.1. The second kappa shape index (κ2) is 7.76. The number of benzene rings is 2. The van der Waals surface area contributed by atoms with E-state index in [2.05, 4.69) is 26.1 Å². The normalized spacial score (nSPS) is 12.3. The van der Waals surface area contributed by atoms with Gasteiger partial charge in [-0.25, -0.2) is 12.4 Å². The maximum absolute atomic E-state index is 13.3. The minimum Gasteiger partial charge on any atom is -0.369 e. The molecule has 7 nitrogen and oxygen atoms in total. The third-order valence-electron chi connectivity index (χ3n) is 4.24. The molecule has 0 aliphatic carbocycles. The van der Waals surface area contributed by atoms with Crippen molar-refractivity contribution in [3.8, 4) is 0 Å². The van der Waals surface area contributed by atoms with Crippen molar-refractivity contribution in [2.45, 2.75) is 25.2 Å². The molecular formula is C19H20BrN5O2S. The van der Waals surface area contributed by atoms with Gasteiger partial charge < -0.3 is 11.5 Å². The first-order chi connectivity index (χ1) is 13.2. The predicted molar refractivity (Wildman–Crippen MR) is 116 cm³/mol. The van der Waals surface area contributed by atoms with Gasteiger partial charge in [0.2, 0.25) is 5.96 Å². The molecule has 0 saturated carbocycles. The molecule has 0 atom stereocenters. The first kappa shape index (κ1) is 20.1. The van der Waals surface area contributed by atoms with Crippen LogP contribution in [-0.4, -0.2) is 24.1 Å². The molecule has 1 aromatic heterocycles. The van der Waals surface area contributed by atoms with Gasteiger partial charge in [0.15, 0.2) is 0 Å². The van der Waals surface area contributed by atoms with Crippen molar-refractivity contribution in [3.05, 3.63) is 64.3 Å². The van der Waals surface area contributed by atoms with Crippen LogP contribution in [0.5, 0.6) is 0 Å². The van der Waals surface area contributed by atoms with E-state index in [0.717, 1.165) is 15.4 Å². The van der Waals surface area contributed by atoms with E-state index in [0.29, 0.717) is 23.2 Å². The number of hydrogen-bond acceptors (Lipinski definition) is 4. The lowest BCUT2D eigenvalue weighted by molar-refractivity contribution is 0.589. The lowest BCUT2D eigenvalue weighted by atomic mass is 10.1. The second-order valence-electron chi connectivity index (χ2n) is 6.24. The molecule has 0 fully saturated rings. The van der Waals surface area contributed by atoms with E-state index in [4.69, 9.17) is 11.5 Å². The average Bonchev–Trinajstić information content (AvgIpc) is 3.02. The van der Waals surface area contributed by atoms with E-state index in [1.165, 1.54) is 3.97 Å². The number of aromatic nitrogens is 1. The molecular weight excluding hydrogens is 442 g/mol. The van der Waals surface area contributed by atoms with Gasteiger partial charge in [-0.15, -0.1) is 5.10 Å². The Balaban J connectivity index is 2.29. The fourth-order valence-electron chi connectivity index (χ4n) is 2.86. The van der Waals surface area contributed by atoms with Crippen molar-refractivity contribution in [2.75, 3.05) is 0 Å². The summed E-state index contributed by atoms with van der Waals surface area (Å²) >= 11 is 3.45. The Kier molecular flexibility index (Phi) is 5.57. The number of hydrogen-bond donors (Lipinski definition) is 2. The van der Waals surface area contributed by atoms with Gasteiger partial charge in [-0.3, -0.25) is 0 Å². The van der Waals surface area contributed by atoms with Crippen LogP contribution in [0.3, 0.4) is 0 Å². The summed E-state index contributed by atoms with van der Waals surface area (Å²) in [6.45, 7) is 3.81. The first-order valence-electron chi connectivity index (χ1n) is 8.52. The lowest BCUT2D eigenvalue weighted by Crippen LogP contribution is -2.22. The highest BCUT2D eigenvalue weighted by Crippen LogP contribution is 2.30. The number of guanidine groups is 1. The topological polar surface area (TPSA) is 116 Å².